The topological polar surface area (TPSA) is 78.8 Å². The summed E-state index contributed by atoms with van der Waals surface area (Å²) < 4.78 is 4.51. The summed E-state index contributed by atoms with van der Waals surface area (Å²) in [6, 6.07) is 0. The van der Waals surface area contributed by atoms with Crippen molar-refractivity contribution in [2.75, 3.05) is 13.7 Å². The predicted octanol–water partition coefficient (Wildman–Crippen LogP) is -1.85. The van der Waals surface area contributed by atoms with E-state index in [1.807, 2.05) is 0 Å². The Labute approximate surface area is 70.9 Å². The molecule has 0 aromatic heterocycles. The van der Waals surface area contributed by atoms with E-state index in [1.54, 1.807) is 0 Å². The molecule has 5 nitrogen and oxygen atoms in total. The van der Waals surface area contributed by atoms with Crippen LogP contribution in [-0.2, 0) is 9.53 Å². The van der Waals surface area contributed by atoms with E-state index >= 15 is 0 Å². The SMILES string of the molecule is COC(=O)C1CCNC1B(O)O. The van der Waals surface area contributed by atoms with Gasteiger partial charge in [-0.05, 0) is 13.0 Å². The fourth-order valence-corrected chi connectivity index (χ4v) is 1.46. The van der Waals surface area contributed by atoms with Crippen molar-refractivity contribution in [3.05, 3.63) is 0 Å². The van der Waals surface area contributed by atoms with Gasteiger partial charge in [-0.2, -0.15) is 0 Å². The second-order valence-electron chi connectivity index (χ2n) is 2.81. The molecule has 0 amide bonds. The maximum atomic E-state index is 11.0. The molecule has 0 aromatic carbocycles. The average molecular weight is 173 g/mol. The van der Waals surface area contributed by atoms with Crippen molar-refractivity contribution in [3.63, 3.8) is 0 Å². The molecule has 3 N–H and O–H groups in total. The van der Waals surface area contributed by atoms with E-state index in [0.717, 1.165) is 0 Å². The molecule has 6 heteroatoms. The van der Waals surface area contributed by atoms with E-state index < -0.39 is 24.9 Å². The number of carbonyl (C=O) groups excluding carboxylic acids is 1. The summed E-state index contributed by atoms with van der Waals surface area (Å²) in [4.78, 5) is 11.0. The minimum absolute atomic E-state index is 0.391. The Morgan fingerprint density at radius 3 is 2.83 bits per heavy atom. The lowest BCUT2D eigenvalue weighted by atomic mass is 9.73. The first-order valence-electron chi connectivity index (χ1n) is 3.84. The van der Waals surface area contributed by atoms with Gasteiger partial charge in [-0.3, -0.25) is 4.79 Å². The molecule has 2 unspecified atom stereocenters. The van der Waals surface area contributed by atoms with E-state index in [9.17, 15) is 4.79 Å². The summed E-state index contributed by atoms with van der Waals surface area (Å²) in [7, 11) is -0.210. The average Bonchev–Trinajstić information content (AvgIpc) is 2.50. The Kier molecular flexibility index (Phi) is 3.08. The molecule has 0 spiro atoms. The second-order valence-corrected chi connectivity index (χ2v) is 2.81. The van der Waals surface area contributed by atoms with Gasteiger partial charge in [-0.25, -0.2) is 0 Å². The van der Waals surface area contributed by atoms with Crippen LogP contribution in [-0.4, -0.2) is 42.7 Å². The number of esters is 1. The molecule has 68 valence electrons. The summed E-state index contributed by atoms with van der Waals surface area (Å²) in [6.45, 7) is 0.613. The number of hydrogen-bond donors (Lipinski definition) is 3. The van der Waals surface area contributed by atoms with E-state index in [-0.39, 0.29) is 0 Å². The van der Waals surface area contributed by atoms with E-state index in [2.05, 4.69) is 10.1 Å². The van der Waals surface area contributed by atoms with Gasteiger partial charge in [0.2, 0.25) is 0 Å². The van der Waals surface area contributed by atoms with E-state index in [1.165, 1.54) is 7.11 Å². The zero-order valence-electron chi connectivity index (χ0n) is 6.86. The molecule has 0 saturated carbocycles. The highest BCUT2D eigenvalue weighted by atomic mass is 16.5. The van der Waals surface area contributed by atoms with Crippen molar-refractivity contribution in [2.24, 2.45) is 5.92 Å². The fraction of sp³-hybridized carbons (Fsp3) is 0.833. The quantitative estimate of drug-likeness (QED) is 0.337. The van der Waals surface area contributed by atoms with Crippen LogP contribution in [0.3, 0.4) is 0 Å². The Morgan fingerprint density at radius 2 is 2.33 bits per heavy atom. The van der Waals surface area contributed by atoms with E-state index in [4.69, 9.17) is 10.0 Å². The summed E-state index contributed by atoms with van der Waals surface area (Å²) in [5, 5.41) is 20.5. The van der Waals surface area contributed by atoms with Crippen LogP contribution in [0.25, 0.3) is 0 Å². The highest BCUT2D eigenvalue weighted by Crippen LogP contribution is 2.17. The maximum absolute atomic E-state index is 11.0. The highest BCUT2D eigenvalue weighted by Gasteiger charge is 2.40. The zero-order valence-corrected chi connectivity index (χ0v) is 6.86. The van der Waals surface area contributed by atoms with Gasteiger partial charge in [0, 0.05) is 0 Å². The number of nitrogens with one attached hydrogen (secondary N) is 1. The molecule has 2 atom stereocenters. The molecule has 1 fully saturated rings. The maximum Gasteiger partial charge on any atom is 0.470 e. The summed E-state index contributed by atoms with van der Waals surface area (Å²) in [5.74, 6) is -1.41. The number of rotatable bonds is 2. The molecule has 1 rings (SSSR count). The van der Waals surface area contributed by atoms with Gasteiger partial charge in [0.1, 0.15) is 0 Å². The molecular weight excluding hydrogens is 161 g/mol. The van der Waals surface area contributed by atoms with Crippen LogP contribution in [0.15, 0.2) is 0 Å². The first-order chi connectivity index (χ1) is 5.66. The lowest BCUT2D eigenvalue weighted by molar-refractivity contribution is -0.145. The lowest BCUT2D eigenvalue weighted by Crippen LogP contribution is -2.45. The summed E-state index contributed by atoms with van der Waals surface area (Å²) >= 11 is 0. The molecule has 12 heavy (non-hydrogen) atoms. The van der Waals surface area contributed by atoms with Gasteiger partial charge in [0.25, 0.3) is 0 Å². The van der Waals surface area contributed by atoms with Crippen molar-refractivity contribution in [1.29, 1.82) is 0 Å². The molecule has 1 saturated heterocycles. The first-order valence-corrected chi connectivity index (χ1v) is 3.84. The number of carbonyl (C=O) groups is 1. The third kappa shape index (κ3) is 1.77. The Balaban J connectivity index is 2.57. The zero-order chi connectivity index (χ0) is 9.14. The number of hydrogen-bond acceptors (Lipinski definition) is 5. The third-order valence-corrected chi connectivity index (χ3v) is 2.09. The van der Waals surface area contributed by atoms with Crippen LogP contribution in [0.2, 0.25) is 0 Å². The van der Waals surface area contributed by atoms with Gasteiger partial charge in [0.15, 0.2) is 0 Å². The highest BCUT2D eigenvalue weighted by molar-refractivity contribution is 6.44. The molecule has 0 radical (unpaired) electrons. The molecular formula is C6H12BNO4. The van der Waals surface area contributed by atoms with Gasteiger partial charge >= 0.3 is 13.1 Å². The minimum atomic E-state index is -1.50. The van der Waals surface area contributed by atoms with Crippen molar-refractivity contribution in [2.45, 2.75) is 12.4 Å². The third-order valence-electron chi connectivity index (χ3n) is 2.09. The monoisotopic (exact) mass is 173 g/mol. The van der Waals surface area contributed by atoms with Crippen LogP contribution in [0.4, 0.5) is 0 Å². The van der Waals surface area contributed by atoms with Crippen molar-refractivity contribution >= 4 is 13.1 Å². The van der Waals surface area contributed by atoms with Crippen molar-refractivity contribution in [3.8, 4) is 0 Å². The predicted molar refractivity (Wildman–Crippen MR) is 42.1 cm³/mol. The summed E-state index contributed by atoms with van der Waals surface area (Å²) in [5.41, 5.74) is 0. The van der Waals surface area contributed by atoms with Crippen LogP contribution in [0, 0.1) is 5.92 Å². The minimum Gasteiger partial charge on any atom is -0.469 e. The standard InChI is InChI=1S/C6H12BNO4/c1-12-6(9)4-2-3-8-5(4)7(10)11/h4-5,8,10-11H,2-3H2,1H3. The largest absolute Gasteiger partial charge is 0.470 e. The van der Waals surface area contributed by atoms with Gasteiger partial charge < -0.3 is 20.1 Å². The normalized spacial score (nSPS) is 28.6. The molecule has 0 bridgehead atoms. The van der Waals surface area contributed by atoms with Gasteiger partial charge in [-0.1, -0.05) is 0 Å². The Hall–Kier alpha value is -0.585. The van der Waals surface area contributed by atoms with Gasteiger partial charge in [0.05, 0.1) is 19.0 Å². The van der Waals surface area contributed by atoms with Crippen LogP contribution >= 0.6 is 0 Å². The molecule has 0 aliphatic carbocycles. The Bertz CT molecular complexity index is 175. The number of ether oxygens (including phenoxy) is 1. The summed E-state index contributed by atoms with van der Waals surface area (Å²) in [6.07, 6.45) is 0.592. The van der Waals surface area contributed by atoms with Crippen LogP contribution < -0.4 is 5.32 Å². The number of methoxy groups -OCH3 is 1. The fourth-order valence-electron chi connectivity index (χ4n) is 1.46. The molecule has 1 heterocycles. The first kappa shape index (κ1) is 9.50. The van der Waals surface area contributed by atoms with Crippen molar-refractivity contribution in [1.82, 2.24) is 5.32 Å². The smallest absolute Gasteiger partial charge is 0.469 e. The molecule has 1 aliphatic rings. The van der Waals surface area contributed by atoms with Crippen LogP contribution in [0.5, 0.6) is 0 Å². The van der Waals surface area contributed by atoms with E-state index in [0.29, 0.717) is 13.0 Å². The van der Waals surface area contributed by atoms with Gasteiger partial charge in [-0.15, -0.1) is 0 Å². The van der Waals surface area contributed by atoms with Crippen molar-refractivity contribution < 1.29 is 19.6 Å². The lowest BCUT2D eigenvalue weighted by Gasteiger charge is -2.15. The Morgan fingerprint density at radius 1 is 1.67 bits per heavy atom. The molecule has 1 aliphatic heterocycles. The second kappa shape index (κ2) is 3.89. The van der Waals surface area contributed by atoms with Crippen LogP contribution in [0.1, 0.15) is 6.42 Å². The molecule has 0 aromatic rings.